The molecule has 8 heteroatoms. The molecule has 0 atom stereocenters. The summed E-state index contributed by atoms with van der Waals surface area (Å²) in [5.41, 5.74) is 1.26. The van der Waals surface area contributed by atoms with Crippen molar-refractivity contribution in [3.8, 4) is 0 Å². The summed E-state index contributed by atoms with van der Waals surface area (Å²) >= 11 is 5.80. The van der Waals surface area contributed by atoms with Gasteiger partial charge in [0, 0.05) is 18.1 Å². The third-order valence-electron chi connectivity index (χ3n) is 4.06. The lowest BCUT2D eigenvalue weighted by molar-refractivity contribution is -0.148. The lowest BCUT2D eigenvalue weighted by Gasteiger charge is -2.08. The monoisotopic (exact) mass is 399 g/mol. The number of hydrogen-bond acceptors (Lipinski definition) is 5. The van der Waals surface area contributed by atoms with E-state index < -0.39 is 11.9 Å². The fourth-order valence-electron chi connectivity index (χ4n) is 2.55. The summed E-state index contributed by atoms with van der Waals surface area (Å²) in [6.45, 7) is 0.0604. The first-order valence-electron chi connectivity index (χ1n) is 8.64. The summed E-state index contributed by atoms with van der Waals surface area (Å²) in [5, 5.41) is 3.75. The van der Waals surface area contributed by atoms with Gasteiger partial charge in [0.1, 0.15) is 0 Å². The first-order valence-corrected chi connectivity index (χ1v) is 9.01. The zero-order valence-corrected chi connectivity index (χ0v) is 15.7. The van der Waals surface area contributed by atoms with Crippen molar-refractivity contribution in [1.82, 2.24) is 14.9 Å². The maximum absolute atomic E-state index is 12.3. The Balaban J connectivity index is 1.44. The Kier molecular flexibility index (Phi) is 6.39. The fraction of sp³-hybridized carbons (Fsp3) is 0.200. The Morgan fingerprint density at radius 1 is 1.11 bits per heavy atom. The number of halogens is 1. The molecule has 0 spiro atoms. The number of rotatable bonds is 7. The zero-order chi connectivity index (χ0) is 19.9. The maximum atomic E-state index is 12.3. The summed E-state index contributed by atoms with van der Waals surface area (Å²) in [5.74, 6) is -0.977. The van der Waals surface area contributed by atoms with Crippen LogP contribution in [0.5, 0.6) is 0 Å². The lowest BCUT2D eigenvalue weighted by atomic mass is 10.2. The van der Waals surface area contributed by atoms with Gasteiger partial charge in [-0.15, -0.1) is 0 Å². The van der Waals surface area contributed by atoms with Crippen LogP contribution in [0.15, 0.2) is 59.7 Å². The zero-order valence-electron chi connectivity index (χ0n) is 14.9. The van der Waals surface area contributed by atoms with Crippen molar-refractivity contribution in [2.75, 3.05) is 6.61 Å². The Morgan fingerprint density at radius 2 is 1.86 bits per heavy atom. The summed E-state index contributed by atoms with van der Waals surface area (Å²) < 4.78 is 6.30. The van der Waals surface area contributed by atoms with Crippen molar-refractivity contribution < 1.29 is 14.3 Å². The van der Waals surface area contributed by atoms with Gasteiger partial charge in [0.15, 0.2) is 6.61 Å². The third-order valence-corrected chi connectivity index (χ3v) is 4.31. The molecule has 0 saturated carbocycles. The highest BCUT2D eigenvalue weighted by Crippen LogP contribution is 2.09. The second-order valence-electron chi connectivity index (χ2n) is 6.07. The number of nitrogens with zero attached hydrogens (tertiary/aromatic N) is 2. The molecule has 3 aromatic rings. The number of nitrogens with one attached hydrogen (secondary N) is 1. The summed E-state index contributed by atoms with van der Waals surface area (Å²) in [7, 11) is 0. The molecule has 0 aliphatic rings. The Morgan fingerprint density at radius 3 is 2.64 bits per heavy atom. The number of carbonyl (C=O) groups excluding carboxylic acids is 2. The highest BCUT2D eigenvalue weighted by Gasteiger charge is 2.09. The van der Waals surface area contributed by atoms with E-state index in [9.17, 15) is 14.4 Å². The Hall–Kier alpha value is -3.19. The van der Waals surface area contributed by atoms with Gasteiger partial charge in [-0.05, 0) is 29.8 Å². The van der Waals surface area contributed by atoms with Crippen LogP contribution in [0.25, 0.3) is 10.9 Å². The molecule has 0 fully saturated rings. The van der Waals surface area contributed by atoms with E-state index >= 15 is 0 Å². The predicted molar refractivity (Wildman–Crippen MR) is 105 cm³/mol. The molecule has 0 bridgehead atoms. The van der Waals surface area contributed by atoms with Crippen LogP contribution in [0.3, 0.4) is 0 Å². The highest BCUT2D eigenvalue weighted by atomic mass is 35.5. The maximum Gasteiger partial charge on any atom is 0.308 e. The molecule has 0 radical (unpaired) electrons. The lowest BCUT2D eigenvalue weighted by Crippen LogP contribution is -2.29. The smallest absolute Gasteiger partial charge is 0.308 e. The molecule has 3 rings (SSSR count). The topological polar surface area (TPSA) is 90.3 Å². The number of aromatic nitrogens is 2. The molecule has 0 aliphatic heterocycles. The number of carbonyl (C=O) groups is 2. The number of fused-ring (bicyclic) bond motifs is 1. The SMILES string of the molecule is O=C(COC(=O)CCn1cnc2ccccc2c1=O)NCc1ccc(Cl)cc1. The quantitative estimate of drug-likeness (QED) is 0.615. The minimum atomic E-state index is -0.568. The van der Waals surface area contributed by atoms with Crippen LogP contribution in [-0.2, 0) is 27.4 Å². The fourth-order valence-corrected chi connectivity index (χ4v) is 2.68. The standard InChI is InChI=1S/C20H18ClN3O4/c21-15-7-5-14(6-8-15)11-22-18(25)12-28-19(26)9-10-24-13-23-17-4-2-1-3-16(17)20(24)27/h1-8,13H,9-12H2,(H,22,25). The van der Waals surface area contributed by atoms with Gasteiger partial charge >= 0.3 is 5.97 Å². The third kappa shape index (κ3) is 5.17. The normalized spacial score (nSPS) is 10.6. The highest BCUT2D eigenvalue weighted by molar-refractivity contribution is 6.30. The molecule has 2 aromatic carbocycles. The molecule has 28 heavy (non-hydrogen) atoms. The molecule has 1 N–H and O–H groups in total. The number of ether oxygens (including phenoxy) is 1. The summed E-state index contributed by atoms with van der Waals surface area (Å²) in [6, 6.07) is 14.0. The van der Waals surface area contributed by atoms with Gasteiger partial charge in [0.2, 0.25) is 0 Å². The van der Waals surface area contributed by atoms with Gasteiger partial charge in [0.25, 0.3) is 11.5 Å². The van der Waals surface area contributed by atoms with E-state index in [1.807, 2.05) is 0 Å². The van der Waals surface area contributed by atoms with Gasteiger partial charge in [-0.2, -0.15) is 0 Å². The molecule has 1 amide bonds. The van der Waals surface area contributed by atoms with Gasteiger partial charge < -0.3 is 10.1 Å². The van der Waals surface area contributed by atoms with Crippen LogP contribution in [0.2, 0.25) is 5.02 Å². The average Bonchev–Trinajstić information content (AvgIpc) is 2.71. The first-order chi connectivity index (χ1) is 13.5. The van der Waals surface area contributed by atoms with E-state index in [1.165, 1.54) is 10.9 Å². The van der Waals surface area contributed by atoms with Crippen LogP contribution >= 0.6 is 11.6 Å². The molecule has 1 aromatic heterocycles. The number of esters is 1. The molecule has 144 valence electrons. The van der Waals surface area contributed by atoms with Crippen molar-refractivity contribution in [1.29, 1.82) is 0 Å². The van der Waals surface area contributed by atoms with Crippen molar-refractivity contribution in [3.63, 3.8) is 0 Å². The number of hydrogen-bond donors (Lipinski definition) is 1. The summed E-state index contributed by atoms with van der Waals surface area (Å²) in [4.78, 5) is 40.2. The van der Waals surface area contributed by atoms with Gasteiger partial charge in [-0.3, -0.25) is 19.0 Å². The predicted octanol–water partition coefficient (Wildman–Crippen LogP) is 2.30. The van der Waals surface area contributed by atoms with Crippen LogP contribution in [0, 0.1) is 0 Å². The van der Waals surface area contributed by atoms with E-state index in [4.69, 9.17) is 16.3 Å². The van der Waals surface area contributed by atoms with Crippen LogP contribution in [0.4, 0.5) is 0 Å². The Bertz CT molecular complexity index is 1050. The van der Waals surface area contributed by atoms with Gasteiger partial charge in [0.05, 0.1) is 23.7 Å². The molecule has 7 nitrogen and oxygen atoms in total. The molecule has 0 aliphatic carbocycles. The van der Waals surface area contributed by atoms with E-state index in [0.717, 1.165) is 5.56 Å². The number of amides is 1. The second-order valence-corrected chi connectivity index (χ2v) is 6.51. The minimum absolute atomic E-state index is 0.0373. The van der Waals surface area contributed by atoms with Gasteiger partial charge in [-0.1, -0.05) is 35.9 Å². The first kappa shape index (κ1) is 19.6. The van der Waals surface area contributed by atoms with E-state index in [0.29, 0.717) is 22.5 Å². The molecule has 0 unspecified atom stereocenters. The number of para-hydroxylation sites is 1. The van der Waals surface area contributed by atoms with E-state index in [-0.39, 0.29) is 25.1 Å². The van der Waals surface area contributed by atoms with Crippen molar-refractivity contribution >= 4 is 34.4 Å². The average molecular weight is 400 g/mol. The van der Waals surface area contributed by atoms with Crippen LogP contribution in [-0.4, -0.2) is 28.0 Å². The van der Waals surface area contributed by atoms with E-state index in [1.54, 1.807) is 48.5 Å². The largest absolute Gasteiger partial charge is 0.456 e. The van der Waals surface area contributed by atoms with Crippen LogP contribution in [0.1, 0.15) is 12.0 Å². The molecular formula is C20H18ClN3O4. The molecule has 1 heterocycles. The van der Waals surface area contributed by atoms with Crippen molar-refractivity contribution in [2.45, 2.75) is 19.5 Å². The molecular weight excluding hydrogens is 382 g/mol. The van der Waals surface area contributed by atoms with Crippen LogP contribution < -0.4 is 10.9 Å². The van der Waals surface area contributed by atoms with E-state index in [2.05, 4.69) is 10.3 Å². The summed E-state index contributed by atoms with van der Waals surface area (Å²) in [6.07, 6.45) is 1.36. The minimum Gasteiger partial charge on any atom is -0.456 e. The second kappa shape index (κ2) is 9.14. The van der Waals surface area contributed by atoms with Gasteiger partial charge in [-0.25, -0.2) is 4.98 Å². The number of benzene rings is 2. The number of aryl methyl sites for hydroxylation is 1. The Labute approximate surface area is 165 Å². The van der Waals surface area contributed by atoms with Crippen molar-refractivity contribution in [2.24, 2.45) is 0 Å². The molecule has 0 saturated heterocycles. The van der Waals surface area contributed by atoms with Crippen molar-refractivity contribution in [3.05, 3.63) is 75.8 Å².